The van der Waals surface area contributed by atoms with Crippen LogP contribution < -0.4 is 10.2 Å². The zero-order valence-electron chi connectivity index (χ0n) is 18.1. The normalized spacial score (nSPS) is 20.4. The first-order valence-corrected chi connectivity index (χ1v) is 11.3. The van der Waals surface area contributed by atoms with Crippen molar-refractivity contribution < 1.29 is 24.3 Å². The summed E-state index contributed by atoms with van der Waals surface area (Å²) in [5.74, 6) is -1.83. The molecule has 170 valence electrons. The van der Waals surface area contributed by atoms with Gasteiger partial charge in [0.25, 0.3) is 11.8 Å². The molecule has 2 N–H and O–H groups in total. The lowest BCUT2D eigenvalue weighted by atomic mass is 10.1. The van der Waals surface area contributed by atoms with Crippen molar-refractivity contribution in [1.29, 1.82) is 0 Å². The predicted octanol–water partition coefficient (Wildman–Crippen LogP) is 2.57. The Morgan fingerprint density at radius 2 is 1.73 bits per heavy atom. The predicted molar refractivity (Wildman–Crippen MR) is 120 cm³/mol. The quantitative estimate of drug-likeness (QED) is 0.603. The number of hydrogen-bond donors (Lipinski definition) is 2. The number of carboxylic acid groups (broad SMARTS) is 1. The smallest absolute Gasteiger partial charge is 0.335 e. The van der Waals surface area contributed by atoms with Crippen LogP contribution in [0.4, 0.5) is 5.69 Å². The monoisotopic (exact) mass is 447 g/mol. The van der Waals surface area contributed by atoms with Crippen molar-refractivity contribution in [2.75, 3.05) is 4.90 Å². The van der Waals surface area contributed by atoms with Gasteiger partial charge >= 0.3 is 5.97 Å². The second kappa shape index (κ2) is 8.44. The van der Waals surface area contributed by atoms with Gasteiger partial charge in [-0.2, -0.15) is 0 Å². The number of carbonyl (C=O) groups excluding carboxylic acids is 3. The maximum absolute atomic E-state index is 13.3. The number of benzene rings is 2. The molecule has 0 aromatic heterocycles. The van der Waals surface area contributed by atoms with Crippen LogP contribution in [-0.4, -0.2) is 51.8 Å². The second-order valence-corrected chi connectivity index (χ2v) is 8.99. The first-order chi connectivity index (χ1) is 15.9. The minimum absolute atomic E-state index is 0.0291. The van der Waals surface area contributed by atoms with Gasteiger partial charge in [0.2, 0.25) is 5.91 Å². The van der Waals surface area contributed by atoms with Crippen molar-refractivity contribution in [2.24, 2.45) is 0 Å². The van der Waals surface area contributed by atoms with E-state index >= 15 is 0 Å². The fourth-order valence-electron chi connectivity index (χ4n) is 4.29. The van der Waals surface area contributed by atoms with Crippen LogP contribution in [0.15, 0.2) is 48.5 Å². The largest absolute Gasteiger partial charge is 0.478 e. The highest BCUT2D eigenvalue weighted by Crippen LogP contribution is 2.35. The van der Waals surface area contributed by atoms with Gasteiger partial charge in [-0.15, -0.1) is 0 Å². The van der Waals surface area contributed by atoms with Gasteiger partial charge in [-0.1, -0.05) is 18.2 Å². The van der Waals surface area contributed by atoms with Crippen LogP contribution in [0.5, 0.6) is 0 Å². The van der Waals surface area contributed by atoms with E-state index in [1.165, 1.54) is 18.2 Å². The molecule has 2 aromatic rings. The van der Waals surface area contributed by atoms with Gasteiger partial charge in [0.05, 0.1) is 23.7 Å². The summed E-state index contributed by atoms with van der Waals surface area (Å²) >= 11 is 0. The maximum Gasteiger partial charge on any atom is 0.335 e. The third kappa shape index (κ3) is 4.52. The Kier molecular flexibility index (Phi) is 5.46. The van der Waals surface area contributed by atoms with E-state index < -0.39 is 12.0 Å². The zero-order valence-corrected chi connectivity index (χ0v) is 18.1. The number of nitrogens with zero attached hydrogens (tertiary/aromatic N) is 2. The highest BCUT2D eigenvalue weighted by molar-refractivity contribution is 6.22. The summed E-state index contributed by atoms with van der Waals surface area (Å²) in [7, 11) is 0. The number of carboxylic acids is 1. The molecule has 5 rings (SSSR count). The summed E-state index contributed by atoms with van der Waals surface area (Å²) in [5, 5.41) is 12.2. The van der Waals surface area contributed by atoms with Crippen molar-refractivity contribution in [3.63, 3.8) is 0 Å². The highest BCUT2D eigenvalue weighted by Gasteiger charge is 2.46. The molecule has 1 atom stereocenters. The first kappa shape index (κ1) is 21.3. The fourth-order valence-corrected chi connectivity index (χ4v) is 4.29. The standard InChI is InChI=1S/C25H25N3O5/c29-22-13-21(24(31)28(22)20-3-1-2-17(12-20)25(32)33)27(19-10-11-19)14-15-4-6-16(7-5-15)23(30)26-18-8-9-18/h1-7,12,18-19,21H,8-11,13-14H2,(H,26,30)(H,32,33)/t21-/m1/s1. The minimum atomic E-state index is -1.11. The van der Waals surface area contributed by atoms with Crippen LogP contribution in [0.25, 0.3) is 0 Å². The lowest BCUT2D eigenvalue weighted by molar-refractivity contribution is -0.123. The molecule has 3 aliphatic rings. The number of anilines is 1. The van der Waals surface area contributed by atoms with Crippen molar-refractivity contribution in [3.05, 3.63) is 65.2 Å². The Balaban J connectivity index is 1.32. The summed E-state index contributed by atoms with van der Waals surface area (Å²) in [4.78, 5) is 52.8. The van der Waals surface area contributed by atoms with Crippen LogP contribution >= 0.6 is 0 Å². The Morgan fingerprint density at radius 3 is 2.36 bits per heavy atom. The van der Waals surface area contributed by atoms with E-state index in [1.54, 1.807) is 18.2 Å². The third-order valence-corrected chi connectivity index (χ3v) is 6.38. The number of rotatable bonds is 8. The molecule has 1 heterocycles. The summed E-state index contributed by atoms with van der Waals surface area (Å²) in [6.45, 7) is 0.502. The molecule has 0 bridgehead atoms. The van der Waals surface area contributed by atoms with Gasteiger partial charge in [0, 0.05) is 24.2 Å². The van der Waals surface area contributed by atoms with Crippen LogP contribution in [0.2, 0.25) is 0 Å². The van der Waals surface area contributed by atoms with Crippen molar-refractivity contribution in [2.45, 2.75) is 56.8 Å². The number of carbonyl (C=O) groups is 4. The van der Waals surface area contributed by atoms with Crippen LogP contribution in [-0.2, 0) is 16.1 Å². The Hall–Kier alpha value is -3.52. The molecule has 2 aromatic carbocycles. The summed E-state index contributed by atoms with van der Waals surface area (Å²) in [6.07, 6.45) is 4.06. The average molecular weight is 447 g/mol. The van der Waals surface area contributed by atoms with Gasteiger partial charge < -0.3 is 10.4 Å². The third-order valence-electron chi connectivity index (χ3n) is 6.38. The molecule has 1 aliphatic heterocycles. The summed E-state index contributed by atoms with van der Waals surface area (Å²) in [6, 6.07) is 13.2. The van der Waals surface area contributed by atoms with E-state index in [4.69, 9.17) is 0 Å². The Bertz CT molecular complexity index is 1120. The van der Waals surface area contributed by atoms with Crippen LogP contribution in [0, 0.1) is 0 Å². The zero-order chi connectivity index (χ0) is 23.1. The van der Waals surface area contributed by atoms with Crippen LogP contribution in [0.1, 0.15) is 58.4 Å². The van der Waals surface area contributed by atoms with E-state index in [0.717, 1.165) is 36.1 Å². The van der Waals surface area contributed by atoms with E-state index in [1.807, 2.05) is 12.1 Å². The van der Waals surface area contributed by atoms with E-state index in [2.05, 4.69) is 10.2 Å². The molecular weight excluding hydrogens is 422 g/mol. The highest BCUT2D eigenvalue weighted by atomic mass is 16.4. The average Bonchev–Trinajstić information content (AvgIpc) is 3.72. The molecule has 3 amide bonds. The molecule has 2 aliphatic carbocycles. The van der Waals surface area contributed by atoms with E-state index in [-0.39, 0.29) is 41.4 Å². The van der Waals surface area contributed by atoms with Gasteiger partial charge in [-0.05, 0) is 61.6 Å². The molecule has 0 radical (unpaired) electrons. The SMILES string of the molecule is O=C(O)c1cccc(N2C(=O)C[C@@H](N(Cc3ccc(C(=O)NC4CC4)cc3)C3CC3)C2=O)c1. The van der Waals surface area contributed by atoms with Gasteiger partial charge in [-0.3, -0.25) is 19.3 Å². The summed E-state index contributed by atoms with van der Waals surface area (Å²) in [5.41, 5.74) is 1.90. The molecular formula is C25H25N3O5. The molecule has 0 spiro atoms. The number of imide groups is 1. The molecule has 8 nitrogen and oxygen atoms in total. The van der Waals surface area contributed by atoms with Gasteiger partial charge in [0.1, 0.15) is 0 Å². The number of nitrogens with one attached hydrogen (secondary N) is 1. The van der Waals surface area contributed by atoms with Crippen LogP contribution in [0.3, 0.4) is 0 Å². The topological polar surface area (TPSA) is 107 Å². The van der Waals surface area contributed by atoms with Crippen molar-refractivity contribution in [3.8, 4) is 0 Å². The lowest BCUT2D eigenvalue weighted by Crippen LogP contribution is -2.43. The minimum Gasteiger partial charge on any atom is -0.478 e. The molecule has 0 unspecified atom stereocenters. The second-order valence-electron chi connectivity index (χ2n) is 8.99. The number of hydrogen-bond acceptors (Lipinski definition) is 5. The fraction of sp³-hybridized carbons (Fsp3) is 0.360. The summed E-state index contributed by atoms with van der Waals surface area (Å²) < 4.78 is 0. The van der Waals surface area contributed by atoms with E-state index in [9.17, 15) is 24.3 Å². The number of aromatic carboxylic acids is 1. The molecule has 1 saturated heterocycles. The first-order valence-electron chi connectivity index (χ1n) is 11.3. The number of amides is 3. The van der Waals surface area contributed by atoms with Gasteiger partial charge in [-0.25, -0.2) is 9.69 Å². The Labute approximate surface area is 191 Å². The van der Waals surface area contributed by atoms with Gasteiger partial charge in [0.15, 0.2) is 0 Å². The van der Waals surface area contributed by atoms with E-state index in [0.29, 0.717) is 18.2 Å². The van der Waals surface area contributed by atoms with Crippen molar-refractivity contribution in [1.82, 2.24) is 10.2 Å². The molecule has 3 fully saturated rings. The molecule has 8 heteroatoms. The molecule has 33 heavy (non-hydrogen) atoms. The molecule has 2 saturated carbocycles. The lowest BCUT2D eigenvalue weighted by Gasteiger charge is -2.27. The Morgan fingerprint density at radius 1 is 1.00 bits per heavy atom. The maximum atomic E-state index is 13.3. The van der Waals surface area contributed by atoms with Crippen molar-refractivity contribution >= 4 is 29.4 Å².